The number of rotatable bonds is 7. The van der Waals surface area contributed by atoms with Crippen LogP contribution >= 0.6 is 0 Å². The molecule has 3 aromatic rings. The molecule has 1 N–H and O–H groups in total. The van der Waals surface area contributed by atoms with Gasteiger partial charge in [-0.25, -0.2) is 0 Å². The van der Waals surface area contributed by atoms with E-state index >= 15 is 0 Å². The van der Waals surface area contributed by atoms with Crippen molar-refractivity contribution >= 4 is 22.4 Å². The van der Waals surface area contributed by atoms with Gasteiger partial charge in [0.1, 0.15) is 12.4 Å². The van der Waals surface area contributed by atoms with Crippen molar-refractivity contribution in [3.8, 4) is 5.75 Å². The molecule has 2 heterocycles. The van der Waals surface area contributed by atoms with Gasteiger partial charge >= 0.3 is 0 Å². The number of carbonyl (C=O) groups excluding carboxylic acids is 1. The first-order valence-corrected chi connectivity index (χ1v) is 12.9. The summed E-state index contributed by atoms with van der Waals surface area (Å²) in [6.07, 6.45) is 10.7. The fraction of sp³-hybridized carbons (Fsp3) is 0.400. The first-order valence-electron chi connectivity index (χ1n) is 12.9. The van der Waals surface area contributed by atoms with Crippen molar-refractivity contribution in [1.29, 1.82) is 0 Å². The summed E-state index contributed by atoms with van der Waals surface area (Å²) in [5.41, 5.74) is 6.15. The second-order valence-electron chi connectivity index (χ2n) is 10.5. The third kappa shape index (κ3) is 4.23. The topological polar surface area (TPSA) is 54.5 Å². The number of amides is 1. The molecule has 0 spiro atoms. The maximum atomic E-state index is 13.6. The zero-order chi connectivity index (χ0) is 24.0. The number of aryl methyl sites for hydroxylation is 1. The van der Waals surface area contributed by atoms with E-state index in [1.165, 1.54) is 23.1 Å². The molecule has 1 saturated carbocycles. The highest BCUT2D eigenvalue weighted by molar-refractivity contribution is 5.97. The lowest BCUT2D eigenvalue weighted by Crippen LogP contribution is -2.48. The minimum Gasteiger partial charge on any atom is -0.492 e. The highest BCUT2D eigenvalue weighted by atomic mass is 16.5. The Morgan fingerprint density at radius 2 is 2.11 bits per heavy atom. The summed E-state index contributed by atoms with van der Waals surface area (Å²) in [7, 11) is 2.12. The lowest BCUT2D eigenvalue weighted by atomic mass is 9.93. The zero-order valence-corrected chi connectivity index (χ0v) is 20.6. The number of nitrogens with one attached hydrogen (secondary N) is 1. The maximum absolute atomic E-state index is 13.6. The third-order valence-electron chi connectivity index (χ3n) is 8.09. The number of pyridine rings is 1. The lowest BCUT2D eigenvalue weighted by molar-refractivity contribution is 0.0767. The Bertz CT molecular complexity index is 1320. The van der Waals surface area contributed by atoms with Gasteiger partial charge in [-0.2, -0.15) is 0 Å². The van der Waals surface area contributed by atoms with Crippen molar-refractivity contribution in [2.75, 3.05) is 20.2 Å². The molecule has 6 rings (SSSR count). The number of fused-ring (bicyclic) bond motifs is 1. The average molecular weight is 468 g/mol. The third-order valence-corrected chi connectivity index (χ3v) is 8.09. The minimum absolute atomic E-state index is 0.0336. The van der Waals surface area contributed by atoms with E-state index in [0.29, 0.717) is 18.2 Å². The monoisotopic (exact) mass is 467 g/mol. The second kappa shape index (κ2) is 8.80. The van der Waals surface area contributed by atoms with Crippen LogP contribution in [0.3, 0.4) is 0 Å². The van der Waals surface area contributed by atoms with Crippen LogP contribution in [0.4, 0.5) is 0 Å². The van der Waals surface area contributed by atoms with Crippen LogP contribution in [0.25, 0.3) is 16.5 Å². The molecule has 2 fully saturated rings. The van der Waals surface area contributed by atoms with Gasteiger partial charge in [-0.05, 0) is 112 Å². The molecule has 1 aliphatic heterocycles. The number of nitrogens with zero attached hydrogens (tertiary/aromatic N) is 2. The van der Waals surface area contributed by atoms with Crippen molar-refractivity contribution in [2.24, 2.45) is 0 Å². The highest BCUT2D eigenvalue weighted by Crippen LogP contribution is 2.49. The van der Waals surface area contributed by atoms with E-state index in [4.69, 9.17) is 4.74 Å². The standard InChI is InChI=1S/C30H33N3O2/c1-20-9-10-24(35-19-23-11-15-33(23)2)18-26(20)29(34)32-30(12-13-30)27-16-22(21-6-3-4-7-21)17-28-25(27)8-5-14-31-28/h5-6,8-10,14,16-18,23H,3-4,7,11-13,15,19H2,1-2H3,(H,32,34). The Kier molecular flexibility index (Phi) is 5.60. The van der Waals surface area contributed by atoms with Crippen LogP contribution in [0.1, 0.15) is 65.6 Å². The van der Waals surface area contributed by atoms with Crippen molar-refractivity contribution in [3.05, 3.63) is 77.0 Å². The molecule has 180 valence electrons. The Morgan fingerprint density at radius 3 is 2.83 bits per heavy atom. The number of carbonyl (C=O) groups is 1. The van der Waals surface area contributed by atoms with Gasteiger partial charge in [0.25, 0.3) is 5.91 Å². The van der Waals surface area contributed by atoms with Crippen LogP contribution < -0.4 is 10.1 Å². The Morgan fingerprint density at radius 1 is 1.23 bits per heavy atom. The molecule has 1 unspecified atom stereocenters. The molecule has 1 amide bonds. The van der Waals surface area contributed by atoms with Gasteiger partial charge in [0.05, 0.1) is 11.1 Å². The second-order valence-corrected chi connectivity index (χ2v) is 10.5. The first kappa shape index (κ1) is 22.3. The summed E-state index contributed by atoms with van der Waals surface area (Å²) in [5.74, 6) is 0.726. The summed E-state index contributed by atoms with van der Waals surface area (Å²) in [6, 6.07) is 15.0. The van der Waals surface area contributed by atoms with Crippen LogP contribution in [0.2, 0.25) is 0 Å². The molecule has 2 aliphatic carbocycles. The summed E-state index contributed by atoms with van der Waals surface area (Å²) in [4.78, 5) is 20.5. The number of ether oxygens (including phenoxy) is 1. The van der Waals surface area contributed by atoms with Crippen molar-refractivity contribution in [1.82, 2.24) is 15.2 Å². The molecule has 0 bridgehead atoms. The molecule has 2 aromatic carbocycles. The van der Waals surface area contributed by atoms with E-state index in [1.54, 1.807) is 0 Å². The van der Waals surface area contributed by atoms with E-state index in [9.17, 15) is 4.79 Å². The number of hydrogen-bond donors (Lipinski definition) is 1. The Labute approximate surface area is 207 Å². The number of likely N-dealkylation sites (N-methyl/N-ethyl adjacent to an activating group) is 1. The SMILES string of the molecule is Cc1ccc(OCC2CCN2C)cc1C(=O)NC1(c2cc(C3=CCCC3)cc3ncccc23)CC1. The van der Waals surface area contributed by atoms with E-state index in [2.05, 4.69) is 46.5 Å². The summed E-state index contributed by atoms with van der Waals surface area (Å²) >= 11 is 0. The summed E-state index contributed by atoms with van der Waals surface area (Å²) < 4.78 is 6.05. The summed E-state index contributed by atoms with van der Waals surface area (Å²) in [5, 5.41) is 4.55. The van der Waals surface area contributed by atoms with Crippen LogP contribution in [-0.4, -0.2) is 42.0 Å². The fourth-order valence-electron chi connectivity index (χ4n) is 5.48. The molecule has 5 nitrogen and oxygen atoms in total. The first-order chi connectivity index (χ1) is 17.0. The molecule has 0 radical (unpaired) electrons. The van der Waals surface area contributed by atoms with Crippen molar-refractivity contribution in [3.63, 3.8) is 0 Å². The van der Waals surface area contributed by atoms with E-state index < -0.39 is 0 Å². The molecule has 35 heavy (non-hydrogen) atoms. The average Bonchev–Trinajstić information content (AvgIpc) is 3.42. The molecule has 1 atom stereocenters. The lowest BCUT2D eigenvalue weighted by Gasteiger charge is -2.37. The van der Waals surface area contributed by atoms with Gasteiger partial charge in [-0.15, -0.1) is 0 Å². The molecular formula is C30H33N3O2. The van der Waals surface area contributed by atoms with Crippen LogP contribution in [-0.2, 0) is 5.54 Å². The predicted molar refractivity (Wildman–Crippen MR) is 140 cm³/mol. The van der Waals surface area contributed by atoms with E-state index in [1.807, 2.05) is 37.4 Å². The number of allylic oxidation sites excluding steroid dienone is 2. The highest BCUT2D eigenvalue weighted by Gasteiger charge is 2.47. The van der Waals surface area contributed by atoms with Crippen molar-refractivity contribution in [2.45, 2.75) is 57.0 Å². The number of likely N-dealkylation sites (tertiary alicyclic amines) is 1. The van der Waals surface area contributed by atoms with Gasteiger partial charge < -0.3 is 10.1 Å². The van der Waals surface area contributed by atoms with Gasteiger partial charge in [0.2, 0.25) is 0 Å². The molecular weight excluding hydrogens is 434 g/mol. The molecule has 3 aliphatic rings. The Hall–Kier alpha value is -3.18. The van der Waals surface area contributed by atoms with Crippen LogP contribution in [0.15, 0.2) is 54.7 Å². The molecule has 1 saturated heterocycles. The number of hydrogen-bond acceptors (Lipinski definition) is 4. The van der Waals surface area contributed by atoms with Gasteiger partial charge in [-0.3, -0.25) is 14.7 Å². The number of aromatic nitrogens is 1. The summed E-state index contributed by atoms with van der Waals surface area (Å²) in [6.45, 7) is 3.77. The van der Waals surface area contributed by atoms with Crippen LogP contribution in [0, 0.1) is 6.92 Å². The quantitative estimate of drug-likeness (QED) is 0.491. The minimum atomic E-state index is -0.342. The molecule has 1 aromatic heterocycles. The number of benzene rings is 2. The zero-order valence-electron chi connectivity index (χ0n) is 20.6. The van der Waals surface area contributed by atoms with Crippen molar-refractivity contribution < 1.29 is 9.53 Å². The Balaban J connectivity index is 1.28. The fourth-order valence-corrected chi connectivity index (χ4v) is 5.48. The van der Waals surface area contributed by atoms with Gasteiger partial charge in [0.15, 0.2) is 0 Å². The van der Waals surface area contributed by atoms with Gasteiger partial charge in [-0.1, -0.05) is 18.2 Å². The smallest absolute Gasteiger partial charge is 0.252 e. The van der Waals surface area contributed by atoms with Gasteiger partial charge in [0, 0.05) is 23.2 Å². The van der Waals surface area contributed by atoms with E-state index in [0.717, 1.165) is 60.9 Å². The normalized spacial score (nSPS) is 20.9. The largest absolute Gasteiger partial charge is 0.492 e. The van der Waals surface area contributed by atoms with E-state index in [-0.39, 0.29) is 11.4 Å². The molecule has 5 heteroatoms. The maximum Gasteiger partial charge on any atom is 0.252 e. The predicted octanol–water partition coefficient (Wildman–Crippen LogP) is 5.61. The van der Waals surface area contributed by atoms with Crippen LogP contribution in [0.5, 0.6) is 5.75 Å².